The zero-order chi connectivity index (χ0) is 15.4. The quantitative estimate of drug-likeness (QED) is 0.691. The SMILES string of the molecule is Cc1cc(C(=O)Nc2ccccc2C)ccc1C[N+](=O)[O-]. The van der Waals surface area contributed by atoms with Crippen LogP contribution in [0.15, 0.2) is 42.5 Å². The zero-order valence-corrected chi connectivity index (χ0v) is 11.9. The van der Waals surface area contributed by atoms with Gasteiger partial charge >= 0.3 is 0 Å². The summed E-state index contributed by atoms with van der Waals surface area (Å²) in [6, 6.07) is 12.4. The number of para-hydroxylation sites is 1. The fraction of sp³-hybridized carbons (Fsp3) is 0.188. The topological polar surface area (TPSA) is 72.2 Å². The van der Waals surface area contributed by atoms with Gasteiger partial charge in [0.15, 0.2) is 0 Å². The van der Waals surface area contributed by atoms with Gasteiger partial charge in [-0.05, 0) is 43.2 Å². The Hall–Kier alpha value is -2.69. The fourth-order valence-electron chi connectivity index (χ4n) is 2.06. The lowest BCUT2D eigenvalue weighted by atomic mass is 10.0. The molecule has 0 bridgehead atoms. The minimum atomic E-state index is -0.380. The van der Waals surface area contributed by atoms with Gasteiger partial charge in [0.25, 0.3) is 5.91 Å². The van der Waals surface area contributed by atoms with E-state index in [1.807, 2.05) is 31.2 Å². The van der Waals surface area contributed by atoms with Crippen molar-refractivity contribution >= 4 is 11.6 Å². The molecular weight excluding hydrogens is 268 g/mol. The third-order valence-electron chi connectivity index (χ3n) is 3.30. The molecule has 0 aromatic heterocycles. The summed E-state index contributed by atoms with van der Waals surface area (Å²) in [6.45, 7) is 3.45. The summed E-state index contributed by atoms with van der Waals surface area (Å²) in [5.74, 6) is -0.222. The van der Waals surface area contributed by atoms with Crippen molar-refractivity contribution in [2.45, 2.75) is 20.4 Å². The van der Waals surface area contributed by atoms with E-state index in [0.717, 1.165) is 16.8 Å². The molecule has 5 nitrogen and oxygen atoms in total. The van der Waals surface area contributed by atoms with Crippen molar-refractivity contribution in [3.05, 3.63) is 74.8 Å². The Morgan fingerprint density at radius 1 is 1.14 bits per heavy atom. The van der Waals surface area contributed by atoms with Gasteiger partial charge < -0.3 is 5.32 Å². The highest BCUT2D eigenvalue weighted by Gasteiger charge is 2.11. The number of anilines is 1. The maximum Gasteiger partial charge on any atom is 0.255 e. The van der Waals surface area contributed by atoms with Crippen molar-refractivity contribution in [3.8, 4) is 0 Å². The monoisotopic (exact) mass is 284 g/mol. The van der Waals surface area contributed by atoms with E-state index in [4.69, 9.17) is 0 Å². The standard InChI is InChI=1S/C16H16N2O3/c1-11-5-3-4-6-15(11)17-16(19)13-7-8-14(10-18(20)21)12(2)9-13/h3-9H,10H2,1-2H3,(H,17,19). The summed E-state index contributed by atoms with van der Waals surface area (Å²) in [5.41, 5.74) is 3.58. The van der Waals surface area contributed by atoms with Crippen LogP contribution >= 0.6 is 0 Å². The van der Waals surface area contributed by atoms with Gasteiger partial charge in [-0.25, -0.2) is 0 Å². The Balaban J connectivity index is 2.19. The third kappa shape index (κ3) is 3.66. The highest BCUT2D eigenvalue weighted by atomic mass is 16.6. The van der Waals surface area contributed by atoms with Gasteiger partial charge in [0, 0.05) is 21.7 Å². The smallest absolute Gasteiger partial charge is 0.255 e. The second kappa shape index (κ2) is 6.17. The molecule has 108 valence electrons. The van der Waals surface area contributed by atoms with Crippen molar-refractivity contribution in [1.29, 1.82) is 0 Å². The third-order valence-corrected chi connectivity index (χ3v) is 3.30. The molecular formula is C16H16N2O3. The van der Waals surface area contributed by atoms with Crippen LogP contribution in [0.2, 0.25) is 0 Å². The van der Waals surface area contributed by atoms with Crippen molar-refractivity contribution in [1.82, 2.24) is 0 Å². The van der Waals surface area contributed by atoms with Crippen molar-refractivity contribution in [3.63, 3.8) is 0 Å². The number of nitrogens with zero attached hydrogens (tertiary/aromatic N) is 1. The molecule has 1 amide bonds. The molecule has 2 aromatic rings. The minimum absolute atomic E-state index is 0.222. The molecule has 1 N–H and O–H groups in total. The first-order chi connectivity index (χ1) is 9.97. The van der Waals surface area contributed by atoms with E-state index in [9.17, 15) is 14.9 Å². The first-order valence-electron chi connectivity index (χ1n) is 6.55. The lowest BCUT2D eigenvalue weighted by molar-refractivity contribution is -0.496. The molecule has 0 aliphatic rings. The van der Waals surface area contributed by atoms with Crippen LogP contribution in [-0.2, 0) is 6.54 Å². The first kappa shape index (κ1) is 14.7. The Labute approximate surface area is 122 Å². The largest absolute Gasteiger partial charge is 0.322 e. The molecule has 0 unspecified atom stereocenters. The predicted octanol–water partition coefficient (Wildman–Crippen LogP) is 3.33. The van der Waals surface area contributed by atoms with E-state index in [-0.39, 0.29) is 17.4 Å². The van der Waals surface area contributed by atoms with E-state index >= 15 is 0 Å². The molecule has 0 fully saturated rings. The Bertz CT molecular complexity index is 696. The molecule has 0 aliphatic carbocycles. The lowest BCUT2D eigenvalue weighted by Crippen LogP contribution is -2.13. The molecule has 0 atom stereocenters. The van der Waals surface area contributed by atoms with Crippen molar-refractivity contribution in [2.75, 3.05) is 5.32 Å². The summed E-state index contributed by atoms with van der Waals surface area (Å²) in [7, 11) is 0. The number of aryl methyl sites for hydroxylation is 2. The van der Waals surface area contributed by atoms with Crippen LogP contribution in [0.1, 0.15) is 27.0 Å². The molecule has 0 aliphatic heterocycles. The second-order valence-electron chi connectivity index (χ2n) is 4.90. The van der Waals surface area contributed by atoms with E-state index < -0.39 is 0 Å². The number of hydrogen-bond donors (Lipinski definition) is 1. The van der Waals surface area contributed by atoms with Crippen LogP contribution in [0.3, 0.4) is 0 Å². The number of carbonyl (C=O) groups excluding carboxylic acids is 1. The number of carbonyl (C=O) groups is 1. The predicted molar refractivity (Wildman–Crippen MR) is 81.0 cm³/mol. The average Bonchev–Trinajstić information content (AvgIpc) is 2.43. The Morgan fingerprint density at radius 2 is 1.86 bits per heavy atom. The highest BCUT2D eigenvalue weighted by molar-refractivity contribution is 6.04. The maximum absolute atomic E-state index is 12.2. The maximum atomic E-state index is 12.2. The van der Waals surface area contributed by atoms with Crippen LogP contribution in [0.25, 0.3) is 0 Å². The molecule has 0 heterocycles. The van der Waals surface area contributed by atoms with Crippen LogP contribution in [0, 0.1) is 24.0 Å². The van der Waals surface area contributed by atoms with Crippen LogP contribution in [0.5, 0.6) is 0 Å². The van der Waals surface area contributed by atoms with Crippen molar-refractivity contribution < 1.29 is 9.72 Å². The molecule has 0 saturated heterocycles. The van der Waals surface area contributed by atoms with Gasteiger partial charge in [0.05, 0.1) is 0 Å². The first-order valence-corrected chi connectivity index (χ1v) is 6.55. The van der Waals surface area contributed by atoms with Gasteiger partial charge in [-0.3, -0.25) is 14.9 Å². The van der Waals surface area contributed by atoms with Gasteiger partial charge in [-0.15, -0.1) is 0 Å². The average molecular weight is 284 g/mol. The van der Waals surface area contributed by atoms with E-state index in [1.165, 1.54) is 0 Å². The lowest BCUT2D eigenvalue weighted by Gasteiger charge is -2.09. The molecule has 0 radical (unpaired) electrons. The van der Waals surface area contributed by atoms with Gasteiger partial charge in [-0.2, -0.15) is 0 Å². The normalized spacial score (nSPS) is 10.2. The van der Waals surface area contributed by atoms with E-state index in [0.29, 0.717) is 11.1 Å². The zero-order valence-electron chi connectivity index (χ0n) is 11.9. The van der Waals surface area contributed by atoms with Crippen LogP contribution < -0.4 is 5.32 Å². The molecule has 0 saturated carbocycles. The molecule has 2 aromatic carbocycles. The van der Waals surface area contributed by atoms with Crippen molar-refractivity contribution in [2.24, 2.45) is 0 Å². The van der Waals surface area contributed by atoms with Crippen LogP contribution in [0.4, 0.5) is 5.69 Å². The summed E-state index contributed by atoms with van der Waals surface area (Å²) < 4.78 is 0. The number of amides is 1. The number of nitrogens with one attached hydrogen (secondary N) is 1. The minimum Gasteiger partial charge on any atom is -0.322 e. The number of nitro groups is 1. The fourth-order valence-corrected chi connectivity index (χ4v) is 2.06. The number of benzene rings is 2. The Morgan fingerprint density at radius 3 is 2.48 bits per heavy atom. The van der Waals surface area contributed by atoms with Crippen LogP contribution in [-0.4, -0.2) is 10.8 Å². The summed E-state index contributed by atoms with van der Waals surface area (Å²) in [5, 5.41) is 13.4. The molecule has 0 spiro atoms. The van der Waals surface area contributed by atoms with Gasteiger partial charge in [0.2, 0.25) is 6.54 Å². The molecule has 21 heavy (non-hydrogen) atoms. The van der Waals surface area contributed by atoms with Gasteiger partial charge in [0.1, 0.15) is 0 Å². The second-order valence-corrected chi connectivity index (χ2v) is 4.90. The summed E-state index contributed by atoms with van der Waals surface area (Å²) in [4.78, 5) is 22.4. The molecule has 2 rings (SSSR count). The van der Waals surface area contributed by atoms with E-state index in [2.05, 4.69) is 5.32 Å². The number of hydrogen-bond acceptors (Lipinski definition) is 3. The van der Waals surface area contributed by atoms with Gasteiger partial charge in [-0.1, -0.05) is 24.3 Å². The van der Waals surface area contributed by atoms with E-state index in [1.54, 1.807) is 25.1 Å². The molecule has 5 heteroatoms. The highest BCUT2D eigenvalue weighted by Crippen LogP contribution is 2.17. The number of rotatable bonds is 4. The summed E-state index contributed by atoms with van der Waals surface area (Å²) >= 11 is 0. The Kier molecular flexibility index (Phi) is 4.33. The summed E-state index contributed by atoms with van der Waals surface area (Å²) in [6.07, 6.45) is 0.